The highest BCUT2D eigenvalue weighted by Gasteiger charge is 2.41. The molecule has 6 nitrogen and oxygen atoms in total. The molecular formula is C21H23N5O. The number of benzene rings is 2. The maximum Gasteiger partial charge on any atom is 0.232 e. The number of hydrogen-bond acceptors (Lipinski definition) is 4. The molecular weight excluding hydrogens is 338 g/mol. The van der Waals surface area contributed by atoms with Crippen LogP contribution in [0.15, 0.2) is 60.9 Å². The molecule has 0 bridgehead atoms. The van der Waals surface area contributed by atoms with E-state index < -0.39 is 0 Å². The van der Waals surface area contributed by atoms with Gasteiger partial charge in [-0.15, -0.1) is 0 Å². The lowest BCUT2D eigenvalue weighted by Crippen LogP contribution is -2.46. The Morgan fingerprint density at radius 2 is 1.89 bits per heavy atom. The number of aromatic nitrogens is 3. The fourth-order valence-corrected chi connectivity index (χ4v) is 3.69. The van der Waals surface area contributed by atoms with Gasteiger partial charge in [-0.2, -0.15) is 10.1 Å². The Balaban J connectivity index is 1.71. The average molecular weight is 361 g/mol. The maximum absolute atomic E-state index is 13.2. The molecule has 0 saturated carbocycles. The van der Waals surface area contributed by atoms with Crippen molar-refractivity contribution in [3.05, 3.63) is 72.1 Å². The van der Waals surface area contributed by atoms with E-state index in [1.807, 2.05) is 41.9 Å². The topological polar surface area (TPSA) is 71.8 Å². The highest BCUT2D eigenvalue weighted by molar-refractivity contribution is 5.94. The minimum atomic E-state index is -0.327. The van der Waals surface area contributed by atoms with Gasteiger partial charge in [-0.25, -0.2) is 4.68 Å². The number of nitrogens with zero attached hydrogens (tertiary/aromatic N) is 3. The van der Waals surface area contributed by atoms with E-state index in [1.165, 1.54) is 11.9 Å². The summed E-state index contributed by atoms with van der Waals surface area (Å²) in [6, 6.07) is 17.7. The summed E-state index contributed by atoms with van der Waals surface area (Å²) >= 11 is 0. The Kier molecular flexibility index (Phi) is 4.62. The molecule has 0 unspecified atom stereocenters. The van der Waals surface area contributed by atoms with Gasteiger partial charge in [-0.05, 0) is 36.6 Å². The first kappa shape index (κ1) is 17.3. The number of rotatable bonds is 4. The van der Waals surface area contributed by atoms with Crippen LogP contribution in [0.2, 0.25) is 0 Å². The van der Waals surface area contributed by atoms with Crippen LogP contribution < -0.4 is 10.6 Å². The van der Waals surface area contributed by atoms with Crippen LogP contribution in [-0.4, -0.2) is 26.7 Å². The zero-order chi connectivity index (χ0) is 18.8. The molecule has 1 amide bonds. The molecule has 3 aromatic rings. The van der Waals surface area contributed by atoms with Crippen molar-refractivity contribution < 1.29 is 4.79 Å². The Bertz CT molecular complexity index is 919. The van der Waals surface area contributed by atoms with Crippen molar-refractivity contribution >= 4 is 17.5 Å². The zero-order valence-electron chi connectivity index (χ0n) is 15.5. The summed E-state index contributed by atoms with van der Waals surface area (Å²) in [5.41, 5.74) is 3.12. The predicted octanol–water partition coefficient (Wildman–Crippen LogP) is 3.50. The largest absolute Gasteiger partial charge is 0.351 e. The van der Waals surface area contributed by atoms with E-state index in [0.29, 0.717) is 5.95 Å². The summed E-state index contributed by atoms with van der Waals surface area (Å²) in [6.07, 6.45) is 2.51. The van der Waals surface area contributed by atoms with E-state index in [0.717, 1.165) is 17.7 Å². The van der Waals surface area contributed by atoms with Crippen LogP contribution in [0.4, 0.5) is 11.6 Å². The van der Waals surface area contributed by atoms with Crippen molar-refractivity contribution in [2.75, 3.05) is 10.6 Å². The molecule has 3 atom stereocenters. The third kappa shape index (κ3) is 3.30. The van der Waals surface area contributed by atoms with Crippen molar-refractivity contribution in [3.63, 3.8) is 0 Å². The molecule has 1 aliphatic rings. The van der Waals surface area contributed by atoms with Gasteiger partial charge in [0.1, 0.15) is 6.33 Å². The lowest BCUT2D eigenvalue weighted by Gasteiger charge is -2.37. The molecule has 6 heteroatoms. The van der Waals surface area contributed by atoms with Crippen molar-refractivity contribution in [3.8, 4) is 0 Å². The smallest absolute Gasteiger partial charge is 0.232 e. The normalized spacial score (nSPS) is 21.2. The first-order valence-corrected chi connectivity index (χ1v) is 9.28. The van der Waals surface area contributed by atoms with Crippen LogP contribution in [-0.2, 0) is 11.2 Å². The van der Waals surface area contributed by atoms with Gasteiger partial charge >= 0.3 is 0 Å². The van der Waals surface area contributed by atoms with Gasteiger partial charge in [-0.1, -0.05) is 49.4 Å². The van der Waals surface area contributed by atoms with Gasteiger partial charge in [0, 0.05) is 11.7 Å². The second kappa shape index (κ2) is 7.23. The highest BCUT2D eigenvalue weighted by Crippen LogP contribution is 2.36. The van der Waals surface area contributed by atoms with E-state index in [-0.39, 0.29) is 23.9 Å². The van der Waals surface area contributed by atoms with Crippen LogP contribution in [0.5, 0.6) is 0 Å². The molecule has 0 saturated heterocycles. The molecule has 0 fully saturated rings. The average Bonchev–Trinajstić information content (AvgIpc) is 3.15. The lowest BCUT2D eigenvalue weighted by atomic mass is 9.85. The van der Waals surface area contributed by atoms with Crippen molar-refractivity contribution in [2.24, 2.45) is 5.92 Å². The molecule has 2 N–H and O–H groups in total. The molecule has 0 radical (unpaired) electrons. The van der Waals surface area contributed by atoms with Crippen LogP contribution in [0, 0.1) is 5.92 Å². The summed E-state index contributed by atoms with van der Waals surface area (Å²) in [5.74, 6) is 0.328. The Morgan fingerprint density at radius 3 is 2.59 bits per heavy atom. The number of carbonyl (C=O) groups excluding carboxylic acids is 1. The number of carbonyl (C=O) groups is 1. The van der Waals surface area contributed by atoms with Gasteiger partial charge in [0.2, 0.25) is 11.9 Å². The van der Waals surface area contributed by atoms with E-state index in [2.05, 4.69) is 51.9 Å². The lowest BCUT2D eigenvalue weighted by molar-refractivity contribution is -0.121. The van der Waals surface area contributed by atoms with Crippen molar-refractivity contribution in [1.29, 1.82) is 0 Å². The molecule has 4 rings (SSSR count). The first-order valence-electron chi connectivity index (χ1n) is 9.28. The highest BCUT2D eigenvalue weighted by atomic mass is 16.2. The number of aryl methyl sites for hydroxylation is 1. The molecule has 1 aliphatic heterocycles. The van der Waals surface area contributed by atoms with Gasteiger partial charge in [-0.3, -0.25) is 4.79 Å². The van der Waals surface area contributed by atoms with Gasteiger partial charge in [0.15, 0.2) is 0 Å². The first-order chi connectivity index (χ1) is 13.2. The standard InChI is InChI=1S/C21H23N5O/c1-3-15-9-11-16(12-10-15)19-18(14(2)24-21-22-13-23-26(19)21)20(27)25-17-7-5-4-6-8-17/h4-14,18-19H,3H2,1-2H3,(H,25,27)(H,22,23,24)/t14-,18+,19+/m0/s1. The second-order valence-electron chi connectivity index (χ2n) is 6.88. The van der Waals surface area contributed by atoms with Crippen molar-refractivity contribution in [1.82, 2.24) is 14.8 Å². The fraction of sp³-hybridized carbons (Fsp3) is 0.286. The monoisotopic (exact) mass is 361 g/mol. The minimum Gasteiger partial charge on any atom is -0.351 e. The van der Waals surface area contributed by atoms with Gasteiger partial charge < -0.3 is 10.6 Å². The van der Waals surface area contributed by atoms with Crippen LogP contribution in [0.25, 0.3) is 0 Å². The summed E-state index contributed by atoms with van der Waals surface area (Å²) in [4.78, 5) is 17.5. The second-order valence-corrected chi connectivity index (χ2v) is 6.88. The predicted molar refractivity (Wildman–Crippen MR) is 106 cm³/mol. The zero-order valence-corrected chi connectivity index (χ0v) is 15.5. The molecule has 2 heterocycles. The van der Waals surface area contributed by atoms with Gasteiger partial charge in [0.05, 0.1) is 12.0 Å². The van der Waals surface area contributed by atoms with Crippen LogP contribution >= 0.6 is 0 Å². The summed E-state index contributed by atoms with van der Waals surface area (Å²) in [5, 5.41) is 10.7. The number of hydrogen-bond donors (Lipinski definition) is 2. The van der Waals surface area contributed by atoms with E-state index in [4.69, 9.17) is 0 Å². The summed E-state index contributed by atoms with van der Waals surface area (Å²) in [6.45, 7) is 4.15. The third-order valence-electron chi connectivity index (χ3n) is 5.15. The van der Waals surface area contributed by atoms with E-state index in [1.54, 1.807) is 0 Å². The van der Waals surface area contributed by atoms with Gasteiger partial charge in [0.25, 0.3) is 0 Å². The Hall–Kier alpha value is -3.15. The number of fused-ring (bicyclic) bond motifs is 1. The fourth-order valence-electron chi connectivity index (χ4n) is 3.69. The molecule has 1 aromatic heterocycles. The molecule has 2 aromatic carbocycles. The minimum absolute atomic E-state index is 0.0353. The van der Waals surface area contributed by atoms with E-state index in [9.17, 15) is 4.79 Å². The molecule has 0 spiro atoms. The number of para-hydroxylation sites is 1. The SMILES string of the molecule is CCc1ccc([C@@H]2[C@H](C(=O)Nc3ccccc3)[C@H](C)Nc3ncnn32)cc1. The Labute approximate surface area is 158 Å². The van der Waals surface area contributed by atoms with Crippen LogP contribution in [0.3, 0.4) is 0 Å². The van der Waals surface area contributed by atoms with Crippen LogP contribution in [0.1, 0.15) is 31.0 Å². The quantitative estimate of drug-likeness (QED) is 0.746. The van der Waals surface area contributed by atoms with E-state index >= 15 is 0 Å². The molecule has 0 aliphatic carbocycles. The molecule has 138 valence electrons. The third-order valence-corrected chi connectivity index (χ3v) is 5.15. The van der Waals surface area contributed by atoms with Crippen molar-refractivity contribution in [2.45, 2.75) is 32.4 Å². The molecule has 27 heavy (non-hydrogen) atoms. The summed E-state index contributed by atoms with van der Waals surface area (Å²) < 4.78 is 1.82. The number of amides is 1. The number of anilines is 2. The Morgan fingerprint density at radius 1 is 1.15 bits per heavy atom. The number of nitrogens with one attached hydrogen (secondary N) is 2. The maximum atomic E-state index is 13.2. The summed E-state index contributed by atoms with van der Waals surface area (Å²) in [7, 11) is 0.